The third-order valence-electron chi connectivity index (χ3n) is 17.1. The van der Waals surface area contributed by atoms with Gasteiger partial charge in [-0.25, -0.2) is 0 Å². The van der Waals surface area contributed by atoms with Crippen molar-refractivity contribution in [3.63, 3.8) is 0 Å². The number of para-hydroxylation sites is 5. The Morgan fingerprint density at radius 2 is 0.897 bits per heavy atom. The van der Waals surface area contributed by atoms with Crippen molar-refractivity contribution in [2.75, 3.05) is 4.90 Å². The van der Waals surface area contributed by atoms with Crippen molar-refractivity contribution in [3.05, 3.63) is 241 Å². The predicted molar refractivity (Wildman–Crippen MR) is 333 cm³/mol. The largest absolute Gasteiger partial charge is 0.456 e. The number of fused-ring (bicyclic) bond motifs is 14. The van der Waals surface area contributed by atoms with Crippen molar-refractivity contribution < 1.29 is 4.42 Å². The molecule has 0 N–H and O–H groups in total. The van der Waals surface area contributed by atoms with E-state index < -0.39 is 0 Å². The second-order valence-corrected chi connectivity index (χ2v) is 22.6. The van der Waals surface area contributed by atoms with Gasteiger partial charge in [0.05, 0.1) is 27.8 Å². The lowest BCUT2D eigenvalue weighted by molar-refractivity contribution is 0.669. The average molecular weight is 1000 g/mol. The van der Waals surface area contributed by atoms with Crippen LogP contribution in [0.25, 0.3) is 98.8 Å². The van der Waals surface area contributed by atoms with E-state index in [9.17, 15) is 0 Å². The molecule has 14 aromatic rings. The Morgan fingerprint density at radius 3 is 1.53 bits per heavy atom. The van der Waals surface area contributed by atoms with Gasteiger partial charge in [0, 0.05) is 60.5 Å². The van der Waals surface area contributed by atoms with E-state index in [2.05, 4.69) is 280 Å². The van der Waals surface area contributed by atoms with Gasteiger partial charge in [0.2, 0.25) is 6.71 Å². The molecular weight excluding hydrogens is 946 g/mol. The molecule has 0 amide bonds. The van der Waals surface area contributed by atoms with E-state index in [0.29, 0.717) is 17.8 Å². The molecule has 0 saturated carbocycles. The number of hydrogen-bond donors (Lipinski definition) is 0. The highest BCUT2D eigenvalue weighted by Crippen LogP contribution is 2.45. The van der Waals surface area contributed by atoms with Crippen molar-refractivity contribution in [1.82, 2.24) is 9.13 Å². The van der Waals surface area contributed by atoms with Crippen LogP contribution in [0.15, 0.2) is 229 Å². The van der Waals surface area contributed by atoms with Gasteiger partial charge < -0.3 is 18.5 Å². The maximum Gasteiger partial charge on any atom is 0.244 e. The Bertz CT molecular complexity index is 4610. The maximum absolute atomic E-state index is 6.79. The topological polar surface area (TPSA) is 26.2 Å². The Morgan fingerprint density at radius 1 is 0.359 bits per heavy atom. The van der Waals surface area contributed by atoms with Crippen LogP contribution < -0.4 is 21.3 Å². The molecule has 0 saturated heterocycles. The molecule has 0 fully saturated rings. The molecule has 0 spiro atoms. The highest BCUT2D eigenvalue weighted by molar-refractivity contribution is 7.01. The van der Waals surface area contributed by atoms with Crippen LogP contribution >= 0.6 is 0 Å². The molecule has 11 aromatic carbocycles. The standard InChI is InChI=1S/C73H58BN3O/c1-44(2)47-37-57(45(3)4)73(58(38-47)46(5)6)74-64-43-71-62(55-28-17-20-32-70(55)78-71)41-59(64)63-42-69(54-27-13-14-29-56(54)72(63)74)77-67-35-33-50(75(48-21-9-7-10-22-48)49-23-11-8-12-24-49)39-60(67)61-40-51(34-36-68(61)77)76-65-30-18-15-25-52(65)53-26-16-19-31-66(53)76/h7-46H,1-6H3. The summed E-state index contributed by atoms with van der Waals surface area (Å²) in [6.07, 6.45) is 0. The van der Waals surface area contributed by atoms with Gasteiger partial charge in [-0.1, -0.05) is 185 Å². The summed E-state index contributed by atoms with van der Waals surface area (Å²) >= 11 is 0. The molecule has 4 heterocycles. The van der Waals surface area contributed by atoms with E-state index in [1.807, 2.05) is 0 Å². The molecule has 0 atom stereocenters. The molecule has 1 aliphatic rings. The van der Waals surface area contributed by atoms with Crippen molar-refractivity contribution in [3.8, 4) is 22.5 Å². The molecule has 0 unspecified atom stereocenters. The fourth-order valence-electron chi connectivity index (χ4n) is 13.5. The van der Waals surface area contributed by atoms with Gasteiger partial charge in [-0.3, -0.25) is 0 Å². The van der Waals surface area contributed by atoms with Crippen molar-refractivity contribution in [2.45, 2.75) is 59.3 Å². The molecule has 15 rings (SSSR count). The summed E-state index contributed by atoms with van der Waals surface area (Å²) in [6.45, 7) is 14.2. The molecule has 4 nitrogen and oxygen atoms in total. The summed E-state index contributed by atoms with van der Waals surface area (Å²) in [5, 5.41) is 9.67. The monoisotopic (exact) mass is 1000 g/mol. The number of aromatic nitrogens is 2. The lowest BCUT2D eigenvalue weighted by atomic mass is 9.36. The van der Waals surface area contributed by atoms with Crippen LogP contribution in [0, 0.1) is 0 Å². The summed E-state index contributed by atoms with van der Waals surface area (Å²) in [5.74, 6) is 1.05. The Kier molecular flexibility index (Phi) is 10.5. The van der Waals surface area contributed by atoms with Crippen molar-refractivity contribution in [2.24, 2.45) is 0 Å². The van der Waals surface area contributed by atoms with Crippen LogP contribution in [-0.2, 0) is 0 Å². The molecule has 5 heteroatoms. The van der Waals surface area contributed by atoms with E-state index in [1.54, 1.807) is 0 Å². The molecule has 0 bridgehead atoms. The smallest absolute Gasteiger partial charge is 0.244 e. The zero-order chi connectivity index (χ0) is 52.5. The second-order valence-electron chi connectivity index (χ2n) is 22.6. The fourth-order valence-corrected chi connectivity index (χ4v) is 13.5. The molecule has 78 heavy (non-hydrogen) atoms. The van der Waals surface area contributed by atoms with Crippen molar-refractivity contribution in [1.29, 1.82) is 0 Å². The minimum absolute atomic E-state index is 0.0148. The van der Waals surface area contributed by atoms with Crippen LogP contribution in [0.5, 0.6) is 0 Å². The number of furan rings is 1. The normalized spacial score (nSPS) is 12.6. The van der Waals surface area contributed by atoms with E-state index in [-0.39, 0.29) is 6.71 Å². The number of benzene rings is 11. The highest BCUT2D eigenvalue weighted by atomic mass is 16.3. The van der Waals surface area contributed by atoms with E-state index in [1.165, 1.54) is 87.6 Å². The van der Waals surface area contributed by atoms with Crippen LogP contribution in [0.3, 0.4) is 0 Å². The Hall–Kier alpha value is -9.06. The van der Waals surface area contributed by atoms with Gasteiger partial charge in [-0.15, -0.1) is 0 Å². The first kappa shape index (κ1) is 46.3. The van der Waals surface area contributed by atoms with Gasteiger partial charge in [-0.2, -0.15) is 0 Å². The van der Waals surface area contributed by atoms with Crippen LogP contribution in [0.1, 0.15) is 76.0 Å². The van der Waals surface area contributed by atoms with Crippen LogP contribution in [-0.4, -0.2) is 15.8 Å². The molecule has 374 valence electrons. The van der Waals surface area contributed by atoms with Gasteiger partial charge in [-0.05, 0) is 148 Å². The molecule has 0 radical (unpaired) electrons. The van der Waals surface area contributed by atoms with Gasteiger partial charge >= 0.3 is 0 Å². The maximum atomic E-state index is 6.79. The van der Waals surface area contributed by atoms with Crippen LogP contribution in [0.4, 0.5) is 17.1 Å². The summed E-state index contributed by atoms with van der Waals surface area (Å²) in [4.78, 5) is 2.38. The molecule has 3 aromatic heterocycles. The third-order valence-corrected chi connectivity index (χ3v) is 17.1. The zero-order valence-corrected chi connectivity index (χ0v) is 44.9. The minimum Gasteiger partial charge on any atom is -0.456 e. The summed E-state index contributed by atoms with van der Waals surface area (Å²) in [6, 6.07) is 83.6. The number of rotatable bonds is 9. The van der Waals surface area contributed by atoms with E-state index in [4.69, 9.17) is 4.42 Å². The van der Waals surface area contributed by atoms with E-state index >= 15 is 0 Å². The first-order chi connectivity index (χ1) is 38.2. The van der Waals surface area contributed by atoms with Gasteiger partial charge in [0.15, 0.2) is 0 Å². The first-order valence-electron chi connectivity index (χ1n) is 27.9. The van der Waals surface area contributed by atoms with E-state index in [0.717, 1.165) is 61.4 Å². The zero-order valence-electron chi connectivity index (χ0n) is 44.9. The van der Waals surface area contributed by atoms with Gasteiger partial charge in [0.25, 0.3) is 0 Å². The lowest BCUT2D eigenvalue weighted by Crippen LogP contribution is -2.52. The molecular formula is C73H58BN3O. The fraction of sp³-hybridized carbons (Fsp3) is 0.123. The third kappa shape index (κ3) is 6.93. The van der Waals surface area contributed by atoms with Crippen molar-refractivity contribution >= 4 is 116 Å². The SMILES string of the molecule is CC(C)c1cc(C(C)C)c(B2c3cc4oc5ccccc5c4cc3-c3cc(-n4c5ccc(N(c6ccccc6)c6ccccc6)cc5c5cc(-n6c7ccccc7c7ccccc76)ccc54)c4ccccc4c32)c(C(C)C)c1. The quantitative estimate of drug-likeness (QED) is 0.135. The average Bonchev–Trinajstić information content (AvgIpc) is 3.86. The summed E-state index contributed by atoms with van der Waals surface area (Å²) in [7, 11) is 0. The first-order valence-corrected chi connectivity index (χ1v) is 27.9. The predicted octanol–water partition coefficient (Wildman–Crippen LogP) is 18.3. The lowest BCUT2D eigenvalue weighted by Gasteiger charge is -2.27. The summed E-state index contributed by atoms with van der Waals surface area (Å²) < 4.78 is 11.8. The van der Waals surface area contributed by atoms with Crippen LogP contribution in [0.2, 0.25) is 0 Å². The highest BCUT2D eigenvalue weighted by Gasteiger charge is 2.40. The summed E-state index contributed by atoms with van der Waals surface area (Å²) in [5.41, 5.74) is 23.1. The minimum atomic E-state index is -0.0148. The molecule has 0 aliphatic carbocycles. The number of anilines is 3. The number of nitrogens with zero attached hydrogens (tertiary/aromatic N) is 3. The Labute approximate surface area is 455 Å². The second kappa shape index (κ2) is 17.8. The number of hydrogen-bond acceptors (Lipinski definition) is 2. The Balaban J connectivity index is 1.05. The van der Waals surface area contributed by atoms with Gasteiger partial charge in [0.1, 0.15) is 11.2 Å². The molecule has 1 aliphatic heterocycles.